The summed E-state index contributed by atoms with van der Waals surface area (Å²) in [6.07, 6.45) is 2.64. The second kappa shape index (κ2) is 7.59. The second-order valence-electron chi connectivity index (χ2n) is 7.55. The fraction of sp³-hybridized carbons (Fsp3) is 0.250. The lowest BCUT2D eigenvalue weighted by atomic mass is 10.2. The van der Waals surface area contributed by atoms with Crippen LogP contribution in [0.1, 0.15) is 15.9 Å². The highest BCUT2D eigenvalue weighted by Crippen LogP contribution is 2.29. The van der Waals surface area contributed by atoms with Crippen molar-refractivity contribution < 1.29 is 4.79 Å². The largest absolute Gasteiger partial charge is 0.368 e. The lowest BCUT2D eigenvalue weighted by molar-refractivity contribution is 0.0989. The van der Waals surface area contributed by atoms with Gasteiger partial charge in [0.05, 0.1) is 5.56 Å². The number of aromatic nitrogens is 1. The maximum Gasteiger partial charge on any atom is 0.259 e. The van der Waals surface area contributed by atoms with Crippen LogP contribution < -0.4 is 14.7 Å². The van der Waals surface area contributed by atoms with E-state index in [-0.39, 0.29) is 5.91 Å². The van der Waals surface area contributed by atoms with E-state index in [2.05, 4.69) is 45.1 Å². The highest BCUT2D eigenvalue weighted by atomic mass is 16.2. The molecule has 0 aliphatic carbocycles. The van der Waals surface area contributed by atoms with Crippen LogP contribution in [0.15, 0.2) is 72.9 Å². The van der Waals surface area contributed by atoms with Gasteiger partial charge >= 0.3 is 0 Å². The third-order valence-corrected chi connectivity index (χ3v) is 5.85. The van der Waals surface area contributed by atoms with Crippen LogP contribution in [0.5, 0.6) is 0 Å². The zero-order valence-electron chi connectivity index (χ0n) is 16.4. The van der Waals surface area contributed by atoms with Gasteiger partial charge in [0.15, 0.2) is 0 Å². The van der Waals surface area contributed by atoms with Crippen LogP contribution in [0.3, 0.4) is 0 Å². The number of nitrogens with zero attached hydrogens (tertiary/aromatic N) is 4. The standard InChI is InChI=1S/C24H24N4O/c29-24(28-13-12-19-6-4-5-9-22(19)28)20-10-11-23(25-18-20)27-16-14-26(15-17-27)21-7-2-1-3-8-21/h1-11,18H,12-17H2. The van der Waals surface area contributed by atoms with Gasteiger partial charge in [-0.05, 0) is 42.3 Å². The van der Waals surface area contributed by atoms with Gasteiger partial charge in [-0.3, -0.25) is 4.79 Å². The van der Waals surface area contributed by atoms with Crippen molar-refractivity contribution >= 4 is 23.1 Å². The van der Waals surface area contributed by atoms with E-state index in [0.717, 1.165) is 50.6 Å². The first-order valence-electron chi connectivity index (χ1n) is 10.2. The minimum atomic E-state index is 0.0305. The van der Waals surface area contributed by atoms with Gasteiger partial charge in [0.2, 0.25) is 0 Å². The summed E-state index contributed by atoms with van der Waals surface area (Å²) in [5.74, 6) is 0.971. The summed E-state index contributed by atoms with van der Waals surface area (Å²) in [5, 5.41) is 0. The molecule has 2 aliphatic heterocycles. The van der Waals surface area contributed by atoms with Crippen LogP contribution in [0.2, 0.25) is 0 Å². The van der Waals surface area contributed by atoms with E-state index in [1.807, 2.05) is 41.3 Å². The summed E-state index contributed by atoms with van der Waals surface area (Å²) in [5.41, 5.74) is 4.18. The molecule has 0 unspecified atom stereocenters. The number of rotatable bonds is 3. The molecular formula is C24H24N4O. The summed E-state index contributed by atoms with van der Waals surface area (Å²) in [6, 6.07) is 22.6. The fourth-order valence-electron chi connectivity index (χ4n) is 4.24. The molecule has 0 spiro atoms. The van der Waals surface area contributed by atoms with Gasteiger partial charge in [-0.25, -0.2) is 4.98 Å². The Bertz CT molecular complexity index is 995. The quantitative estimate of drug-likeness (QED) is 0.692. The van der Waals surface area contributed by atoms with E-state index >= 15 is 0 Å². The molecule has 1 amide bonds. The maximum absolute atomic E-state index is 13.0. The fourth-order valence-corrected chi connectivity index (χ4v) is 4.24. The van der Waals surface area contributed by atoms with Crippen LogP contribution in [-0.2, 0) is 6.42 Å². The number of piperazine rings is 1. The molecule has 5 heteroatoms. The van der Waals surface area contributed by atoms with Gasteiger partial charge in [0, 0.05) is 50.3 Å². The first kappa shape index (κ1) is 17.7. The average molecular weight is 384 g/mol. The maximum atomic E-state index is 13.0. The normalized spacial score (nSPS) is 16.1. The molecule has 146 valence electrons. The van der Waals surface area contributed by atoms with Crippen molar-refractivity contribution in [2.45, 2.75) is 6.42 Å². The Morgan fingerprint density at radius 3 is 2.24 bits per heavy atom. The Morgan fingerprint density at radius 1 is 0.759 bits per heavy atom. The summed E-state index contributed by atoms with van der Waals surface area (Å²) in [7, 11) is 0. The molecular weight excluding hydrogens is 360 g/mol. The van der Waals surface area contributed by atoms with Crippen LogP contribution in [-0.4, -0.2) is 43.6 Å². The average Bonchev–Trinajstić information content (AvgIpc) is 3.24. The highest BCUT2D eigenvalue weighted by molar-refractivity contribution is 6.07. The molecule has 3 heterocycles. The number of pyridine rings is 1. The lowest BCUT2D eigenvalue weighted by Crippen LogP contribution is -2.46. The number of hydrogen-bond acceptors (Lipinski definition) is 4. The third kappa shape index (κ3) is 3.44. The molecule has 1 aromatic heterocycles. The molecule has 2 aliphatic rings. The monoisotopic (exact) mass is 384 g/mol. The van der Waals surface area contributed by atoms with Gasteiger partial charge < -0.3 is 14.7 Å². The summed E-state index contributed by atoms with van der Waals surface area (Å²) < 4.78 is 0. The van der Waals surface area contributed by atoms with Gasteiger partial charge in [-0.1, -0.05) is 36.4 Å². The molecule has 0 atom stereocenters. The third-order valence-electron chi connectivity index (χ3n) is 5.85. The topological polar surface area (TPSA) is 39.7 Å². The van der Waals surface area contributed by atoms with E-state index in [9.17, 15) is 4.79 Å². The summed E-state index contributed by atoms with van der Waals surface area (Å²) in [6.45, 7) is 4.53. The van der Waals surface area contributed by atoms with E-state index in [1.54, 1.807) is 6.20 Å². The first-order valence-corrected chi connectivity index (χ1v) is 10.2. The van der Waals surface area contributed by atoms with Crippen molar-refractivity contribution in [3.05, 3.63) is 84.1 Å². The summed E-state index contributed by atoms with van der Waals surface area (Å²) >= 11 is 0. The zero-order valence-corrected chi connectivity index (χ0v) is 16.4. The Hall–Kier alpha value is -3.34. The minimum absolute atomic E-state index is 0.0305. The molecule has 3 aromatic rings. The Balaban J connectivity index is 1.25. The van der Waals surface area contributed by atoms with E-state index in [0.29, 0.717) is 5.56 Å². The van der Waals surface area contributed by atoms with Crippen molar-refractivity contribution in [2.75, 3.05) is 47.4 Å². The molecule has 5 rings (SSSR count). The number of fused-ring (bicyclic) bond motifs is 1. The molecule has 1 saturated heterocycles. The minimum Gasteiger partial charge on any atom is -0.368 e. The Labute approximate surface area is 171 Å². The lowest BCUT2D eigenvalue weighted by Gasteiger charge is -2.36. The van der Waals surface area contributed by atoms with Crippen LogP contribution in [0.25, 0.3) is 0 Å². The summed E-state index contributed by atoms with van der Waals surface area (Å²) in [4.78, 5) is 24.1. The van der Waals surface area contributed by atoms with Crippen LogP contribution in [0.4, 0.5) is 17.2 Å². The SMILES string of the molecule is O=C(c1ccc(N2CCN(c3ccccc3)CC2)nc1)N1CCc2ccccc21. The van der Waals surface area contributed by atoms with E-state index in [1.165, 1.54) is 11.3 Å². The zero-order chi connectivity index (χ0) is 19.6. The Kier molecular flexibility index (Phi) is 4.64. The number of anilines is 3. The first-order chi connectivity index (χ1) is 14.3. The number of amides is 1. The molecule has 2 aromatic carbocycles. The van der Waals surface area contributed by atoms with E-state index < -0.39 is 0 Å². The number of para-hydroxylation sites is 2. The smallest absolute Gasteiger partial charge is 0.259 e. The molecule has 0 bridgehead atoms. The molecule has 1 fully saturated rings. The Morgan fingerprint density at radius 2 is 1.48 bits per heavy atom. The van der Waals surface area contributed by atoms with E-state index in [4.69, 9.17) is 0 Å². The molecule has 0 radical (unpaired) electrons. The van der Waals surface area contributed by atoms with Gasteiger partial charge in [-0.15, -0.1) is 0 Å². The van der Waals surface area contributed by atoms with Crippen LogP contribution >= 0.6 is 0 Å². The predicted octanol–water partition coefficient (Wildman–Crippen LogP) is 3.61. The van der Waals surface area contributed by atoms with Crippen molar-refractivity contribution in [3.8, 4) is 0 Å². The number of carbonyl (C=O) groups excluding carboxylic acids is 1. The second-order valence-corrected chi connectivity index (χ2v) is 7.55. The number of benzene rings is 2. The number of carbonyl (C=O) groups is 1. The number of hydrogen-bond donors (Lipinski definition) is 0. The van der Waals surface area contributed by atoms with Gasteiger partial charge in [0.1, 0.15) is 5.82 Å². The molecule has 29 heavy (non-hydrogen) atoms. The van der Waals surface area contributed by atoms with Crippen molar-refractivity contribution in [2.24, 2.45) is 0 Å². The van der Waals surface area contributed by atoms with Crippen molar-refractivity contribution in [3.63, 3.8) is 0 Å². The van der Waals surface area contributed by atoms with Gasteiger partial charge in [0.25, 0.3) is 5.91 Å². The highest BCUT2D eigenvalue weighted by Gasteiger charge is 2.25. The van der Waals surface area contributed by atoms with Gasteiger partial charge in [-0.2, -0.15) is 0 Å². The van der Waals surface area contributed by atoms with Crippen molar-refractivity contribution in [1.29, 1.82) is 0 Å². The van der Waals surface area contributed by atoms with Crippen molar-refractivity contribution in [1.82, 2.24) is 4.98 Å². The molecule has 0 N–H and O–H groups in total. The molecule has 0 saturated carbocycles. The van der Waals surface area contributed by atoms with Crippen LogP contribution in [0, 0.1) is 0 Å². The predicted molar refractivity (Wildman–Crippen MR) is 117 cm³/mol. The molecule has 5 nitrogen and oxygen atoms in total.